The lowest BCUT2D eigenvalue weighted by atomic mass is 10.1. The lowest BCUT2D eigenvalue weighted by Crippen LogP contribution is -2.35. The number of hydrogen-bond donors (Lipinski definition) is 1. The smallest absolute Gasteiger partial charge is 0.124 e. The van der Waals surface area contributed by atoms with Gasteiger partial charge in [0.1, 0.15) is 11.6 Å². The second-order valence-electron chi connectivity index (χ2n) is 6.15. The Hall–Kier alpha value is -1.81. The Balaban J connectivity index is 1.88. The highest BCUT2D eigenvalue weighted by Gasteiger charge is 2.42. The molecule has 21 heavy (non-hydrogen) atoms. The van der Waals surface area contributed by atoms with E-state index in [9.17, 15) is 5.11 Å². The SMILES string of the molecule is CCN(Cc1ncc(-c2ccccc2O)n1C)C1(C)CC1. The standard InChI is InChI=1S/C17H23N3O/c1-4-20(17(2)9-10-17)12-16-18-11-14(19(16)3)13-7-5-6-8-15(13)21/h5-8,11,21H,4,9-10,12H2,1-3H3. The van der Waals surface area contributed by atoms with Crippen molar-refractivity contribution in [3.8, 4) is 17.0 Å². The van der Waals surface area contributed by atoms with Crippen molar-refractivity contribution in [2.45, 2.75) is 38.8 Å². The number of benzene rings is 1. The third kappa shape index (κ3) is 2.56. The Morgan fingerprint density at radius 1 is 1.33 bits per heavy atom. The molecule has 2 aromatic rings. The summed E-state index contributed by atoms with van der Waals surface area (Å²) in [7, 11) is 2.02. The largest absolute Gasteiger partial charge is 0.507 e. The summed E-state index contributed by atoms with van der Waals surface area (Å²) in [5.74, 6) is 1.34. The molecule has 3 rings (SSSR count). The normalized spacial score (nSPS) is 16.4. The van der Waals surface area contributed by atoms with Gasteiger partial charge in [-0.2, -0.15) is 0 Å². The van der Waals surface area contributed by atoms with Crippen molar-refractivity contribution in [1.82, 2.24) is 14.5 Å². The minimum atomic E-state index is 0.300. The first-order valence-electron chi connectivity index (χ1n) is 7.59. The van der Waals surface area contributed by atoms with E-state index in [0.717, 1.165) is 30.2 Å². The molecular formula is C17H23N3O. The molecule has 4 nitrogen and oxygen atoms in total. The Morgan fingerprint density at radius 3 is 2.67 bits per heavy atom. The van der Waals surface area contributed by atoms with Crippen LogP contribution in [0.2, 0.25) is 0 Å². The van der Waals surface area contributed by atoms with Gasteiger partial charge in [-0.05, 0) is 38.4 Å². The van der Waals surface area contributed by atoms with E-state index in [0.29, 0.717) is 11.3 Å². The maximum atomic E-state index is 10.0. The number of phenolic OH excluding ortho intramolecular Hbond substituents is 1. The van der Waals surface area contributed by atoms with Crippen LogP contribution >= 0.6 is 0 Å². The fourth-order valence-corrected chi connectivity index (χ4v) is 2.89. The molecule has 0 radical (unpaired) electrons. The Kier molecular flexibility index (Phi) is 3.49. The van der Waals surface area contributed by atoms with Gasteiger partial charge in [0.25, 0.3) is 0 Å². The highest BCUT2D eigenvalue weighted by Crippen LogP contribution is 2.41. The number of imidazole rings is 1. The molecule has 0 saturated heterocycles. The molecule has 1 aliphatic carbocycles. The third-order valence-electron chi connectivity index (χ3n) is 4.72. The van der Waals surface area contributed by atoms with E-state index in [1.54, 1.807) is 6.07 Å². The van der Waals surface area contributed by atoms with Crippen LogP contribution in [0.3, 0.4) is 0 Å². The predicted octanol–water partition coefficient (Wildman–Crippen LogP) is 3.17. The number of aromatic hydroxyl groups is 1. The maximum Gasteiger partial charge on any atom is 0.124 e. The average molecular weight is 285 g/mol. The molecule has 4 heteroatoms. The van der Waals surface area contributed by atoms with Crippen LogP contribution in [0.15, 0.2) is 30.5 Å². The second-order valence-corrected chi connectivity index (χ2v) is 6.15. The first-order chi connectivity index (χ1) is 10.0. The van der Waals surface area contributed by atoms with Crippen LogP contribution in [0.4, 0.5) is 0 Å². The summed E-state index contributed by atoms with van der Waals surface area (Å²) in [4.78, 5) is 7.06. The van der Waals surface area contributed by atoms with Gasteiger partial charge in [0.2, 0.25) is 0 Å². The number of para-hydroxylation sites is 1. The Labute approximate surface area is 126 Å². The lowest BCUT2D eigenvalue weighted by Gasteiger charge is -2.27. The zero-order valence-electron chi connectivity index (χ0n) is 13.0. The maximum absolute atomic E-state index is 10.0. The number of rotatable bonds is 5. The van der Waals surface area contributed by atoms with Crippen molar-refractivity contribution < 1.29 is 5.11 Å². The molecule has 0 aliphatic heterocycles. The van der Waals surface area contributed by atoms with Gasteiger partial charge in [0, 0.05) is 18.2 Å². The van der Waals surface area contributed by atoms with Gasteiger partial charge in [-0.25, -0.2) is 4.98 Å². The molecule has 1 aromatic carbocycles. The number of aromatic nitrogens is 2. The first kappa shape index (κ1) is 14.1. The van der Waals surface area contributed by atoms with Gasteiger partial charge < -0.3 is 9.67 Å². The molecule has 112 valence electrons. The molecule has 1 aromatic heterocycles. The van der Waals surface area contributed by atoms with Gasteiger partial charge in [0.05, 0.1) is 18.4 Å². The van der Waals surface area contributed by atoms with E-state index >= 15 is 0 Å². The van der Waals surface area contributed by atoms with Crippen molar-refractivity contribution in [1.29, 1.82) is 0 Å². The summed E-state index contributed by atoms with van der Waals surface area (Å²) in [5.41, 5.74) is 2.15. The number of hydrogen-bond acceptors (Lipinski definition) is 3. The highest BCUT2D eigenvalue weighted by molar-refractivity contribution is 5.66. The van der Waals surface area contributed by atoms with E-state index in [2.05, 4.69) is 28.3 Å². The molecule has 1 heterocycles. The topological polar surface area (TPSA) is 41.3 Å². The van der Waals surface area contributed by atoms with E-state index < -0.39 is 0 Å². The Morgan fingerprint density at radius 2 is 2.05 bits per heavy atom. The molecule has 1 fully saturated rings. The molecule has 0 amide bonds. The minimum absolute atomic E-state index is 0.300. The van der Waals surface area contributed by atoms with E-state index in [1.807, 2.05) is 31.4 Å². The second kappa shape index (κ2) is 5.19. The predicted molar refractivity (Wildman–Crippen MR) is 84.0 cm³/mol. The van der Waals surface area contributed by atoms with Crippen LogP contribution in [-0.4, -0.2) is 31.6 Å². The van der Waals surface area contributed by atoms with E-state index in [4.69, 9.17) is 0 Å². The van der Waals surface area contributed by atoms with Gasteiger partial charge in [-0.3, -0.25) is 4.90 Å². The van der Waals surface area contributed by atoms with Gasteiger partial charge >= 0.3 is 0 Å². The van der Waals surface area contributed by atoms with Crippen molar-refractivity contribution in [3.63, 3.8) is 0 Å². The summed E-state index contributed by atoms with van der Waals surface area (Å²) < 4.78 is 2.09. The summed E-state index contributed by atoms with van der Waals surface area (Å²) in [6.07, 6.45) is 4.41. The molecule has 1 N–H and O–H groups in total. The molecule has 0 unspecified atom stereocenters. The molecular weight excluding hydrogens is 262 g/mol. The minimum Gasteiger partial charge on any atom is -0.507 e. The summed E-state index contributed by atoms with van der Waals surface area (Å²) >= 11 is 0. The fourth-order valence-electron chi connectivity index (χ4n) is 2.89. The van der Waals surface area contributed by atoms with Crippen LogP contribution < -0.4 is 0 Å². The van der Waals surface area contributed by atoms with Crippen molar-refractivity contribution in [2.75, 3.05) is 6.54 Å². The van der Waals surface area contributed by atoms with Crippen LogP contribution in [0, 0.1) is 0 Å². The van der Waals surface area contributed by atoms with Crippen LogP contribution in [-0.2, 0) is 13.6 Å². The van der Waals surface area contributed by atoms with E-state index in [-0.39, 0.29) is 0 Å². The third-order valence-corrected chi connectivity index (χ3v) is 4.72. The van der Waals surface area contributed by atoms with Gasteiger partial charge in [0.15, 0.2) is 0 Å². The summed E-state index contributed by atoms with van der Waals surface area (Å²) in [6.45, 7) is 6.42. The van der Waals surface area contributed by atoms with Gasteiger partial charge in [-0.1, -0.05) is 19.1 Å². The van der Waals surface area contributed by atoms with Gasteiger partial charge in [-0.15, -0.1) is 0 Å². The monoisotopic (exact) mass is 285 g/mol. The zero-order chi connectivity index (χ0) is 15.0. The highest BCUT2D eigenvalue weighted by atomic mass is 16.3. The summed E-state index contributed by atoms with van der Waals surface area (Å²) in [5, 5.41) is 10.0. The first-order valence-corrected chi connectivity index (χ1v) is 7.59. The van der Waals surface area contributed by atoms with Crippen LogP contribution in [0.25, 0.3) is 11.3 Å². The zero-order valence-corrected chi connectivity index (χ0v) is 13.0. The van der Waals surface area contributed by atoms with Crippen LogP contribution in [0.5, 0.6) is 5.75 Å². The molecule has 1 aliphatic rings. The quantitative estimate of drug-likeness (QED) is 0.917. The van der Waals surface area contributed by atoms with Crippen LogP contribution in [0.1, 0.15) is 32.5 Å². The Bertz CT molecular complexity index is 643. The number of phenols is 1. The lowest BCUT2D eigenvalue weighted by molar-refractivity contribution is 0.186. The van der Waals surface area contributed by atoms with Crippen molar-refractivity contribution in [2.24, 2.45) is 7.05 Å². The molecule has 0 spiro atoms. The van der Waals surface area contributed by atoms with Crippen molar-refractivity contribution >= 4 is 0 Å². The average Bonchev–Trinajstić information content (AvgIpc) is 3.12. The number of nitrogens with zero attached hydrogens (tertiary/aromatic N) is 3. The van der Waals surface area contributed by atoms with Crippen molar-refractivity contribution in [3.05, 3.63) is 36.3 Å². The molecule has 1 saturated carbocycles. The molecule has 0 atom stereocenters. The summed E-state index contributed by atoms with van der Waals surface area (Å²) in [6, 6.07) is 7.41. The fraction of sp³-hybridized carbons (Fsp3) is 0.471. The van der Waals surface area contributed by atoms with E-state index in [1.165, 1.54) is 12.8 Å². The molecule has 0 bridgehead atoms.